The summed E-state index contributed by atoms with van der Waals surface area (Å²) in [6, 6.07) is 6.03. The standard InChI is InChI=1S/C24H29F2N3O3/c1-16-19(5-4-6-20(16)25)24(23(30)28-31)8-7-17(14-24)18-13-21(26)22(27-15-18)32-12-11-29-9-2-3-10-29/h4-6,13,15,17,31H,2-3,7-12,14H2,1H3,(H,28,30)/t17?,24-/m0/s1. The second kappa shape index (κ2) is 9.50. The van der Waals surface area contributed by atoms with Crippen LogP contribution in [0.2, 0.25) is 0 Å². The molecule has 2 aliphatic rings. The zero-order valence-corrected chi connectivity index (χ0v) is 18.2. The highest BCUT2D eigenvalue weighted by molar-refractivity contribution is 5.88. The molecule has 8 heteroatoms. The predicted octanol–water partition coefficient (Wildman–Crippen LogP) is 3.85. The van der Waals surface area contributed by atoms with E-state index in [2.05, 4.69) is 9.88 Å². The highest BCUT2D eigenvalue weighted by Gasteiger charge is 2.48. The molecule has 2 aromatic rings. The quantitative estimate of drug-likeness (QED) is 0.500. The van der Waals surface area contributed by atoms with Crippen LogP contribution in [0.4, 0.5) is 8.78 Å². The molecule has 1 unspecified atom stereocenters. The van der Waals surface area contributed by atoms with Crippen LogP contribution >= 0.6 is 0 Å². The molecule has 6 nitrogen and oxygen atoms in total. The fraction of sp³-hybridized carbons (Fsp3) is 0.500. The van der Waals surface area contributed by atoms with Crippen molar-refractivity contribution in [2.24, 2.45) is 0 Å². The number of hydrogen-bond donors (Lipinski definition) is 2. The van der Waals surface area contributed by atoms with Gasteiger partial charge in [-0.15, -0.1) is 0 Å². The Hall–Kier alpha value is -2.58. The fourth-order valence-corrected chi connectivity index (χ4v) is 5.18. The van der Waals surface area contributed by atoms with E-state index in [0.717, 1.165) is 19.6 Å². The lowest BCUT2D eigenvalue weighted by Gasteiger charge is -2.29. The Bertz CT molecular complexity index is 981. The Balaban J connectivity index is 1.50. The molecule has 1 amide bonds. The summed E-state index contributed by atoms with van der Waals surface area (Å²) in [5.74, 6) is -1.69. The normalized spacial score (nSPS) is 23.4. The van der Waals surface area contributed by atoms with E-state index in [-0.39, 0.29) is 11.8 Å². The fourth-order valence-electron chi connectivity index (χ4n) is 5.18. The average Bonchev–Trinajstić information content (AvgIpc) is 3.47. The number of halogens is 2. The van der Waals surface area contributed by atoms with Gasteiger partial charge in [0.2, 0.25) is 5.88 Å². The summed E-state index contributed by atoms with van der Waals surface area (Å²) in [6.45, 7) is 4.85. The molecule has 2 fully saturated rings. The van der Waals surface area contributed by atoms with E-state index in [9.17, 15) is 18.8 Å². The molecular formula is C24H29F2N3O3. The number of rotatable bonds is 7. The molecule has 1 saturated carbocycles. The van der Waals surface area contributed by atoms with Crippen molar-refractivity contribution >= 4 is 5.91 Å². The van der Waals surface area contributed by atoms with Gasteiger partial charge >= 0.3 is 0 Å². The highest BCUT2D eigenvalue weighted by atomic mass is 19.1. The predicted molar refractivity (Wildman–Crippen MR) is 115 cm³/mol. The van der Waals surface area contributed by atoms with Crippen LogP contribution in [0.3, 0.4) is 0 Å². The zero-order chi connectivity index (χ0) is 22.7. The van der Waals surface area contributed by atoms with E-state index in [0.29, 0.717) is 42.6 Å². The van der Waals surface area contributed by atoms with Crippen molar-refractivity contribution in [1.82, 2.24) is 15.4 Å². The number of pyridine rings is 1. The Morgan fingerprint density at radius 3 is 2.81 bits per heavy atom. The lowest BCUT2D eigenvalue weighted by atomic mass is 9.75. The Morgan fingerprint density at radius 1 is 1.31 bits per heavy atom. The Labute approximate surface area is 186 Å². The molecule has 4 rings (SSSR count). The molecule has 1 aliphatic heterocycles. The smallest absolute Gasteiger partial charge is 0.254 e. The maximum Gasteiger partial charge on any atom is 0.254 e. The third-order valence-electron chi connectivity index (χ3n) is 6.98. The van der Waals surface area contributed by atoms with Crippen LogP contribution < -0.4 is 10.2 Å². The van der Waals surface area contributed by atoms with Crippen LogP contribution in [-0.4, -0.2) is 47.2 Å². The molecule has 2 N–H and O–H groups in total. The number of nitrogens with zero attached hydrogens (tertiary/aromatic N) is 2. The summed E-state index contributed by atoms with van der Waals surface area (Å²) in [5.41, 5.74) is 2.25. The molecule has 32 heavy (non-hydrogen) atoms. The van der Waals surface area contributed by atoms with Crippen molar-refractivity contribution in [3.8, 4) is 5.88 Å². The first-order valence-electron chi connectivity index (χ1n) is 11.2. The first kappa shape index (κ1) is 22.6. The number of likely N-dealkylation sites (tertiary alicyclic amines) is 1. The number of carbonyl (C=O) groups excluding carboxylic acids is 1. The summed E-state index contributed by atoms with van der Waals surface area (Å²) in [4.78, 5) is 19.2. The van der Waals surface area contributed by atoms with Gasteiger partial charge in [-0.05, 0) is 86.9 Å². The minimum absolute atomic E-state index is 0.0220. The largest absolute Gasteiger partial charge is 0.474 e. The van der Waals surface area contributed by atoms with E-state index >= 15 is 0 Å². The summed E-state index contributed by atoms with van der Waals surface area (Å²) in [5, 5.41) is 9.39. The van der Waals surface area contributed by atoms with Crippen molar-refractivity contribution in [2.75, 3.05) is 26.2 Å². The second-order valence-corrected chi connectivity index (χ2v) is 8.83. The number of nitrogens with one attached hydrogen (secondary N) is 1. The molecule has 1 aliphatic carbocycles. The molecule has 0 radical (unpaired) electrons. The number of hydrogen-bond acceptors (Lipinski definition) is 5. The van der Waals surface area contributed by atoms with Gasteiger partial charge in [0.15, 0.2) is 5.82 Å². The maximum absolute atomic E-state index is 14.7. The molecule has 2 heterocycles. The lowest BCUT2D eigenvalue weighted by molar-refractivity contribution is -0.135. The minimum atomic E-state index is -1.09. The van der Waals surface area contributed by atoms with E-state index in [4.69, 9.17) is 4.74 Å². The molecule has 2 atom stereocenters. The van der Waals surface area contributed by atoms with Gasteiger partial charge in [-0.2, -0.15) is 0 Å². The van der Waals surface area contributed by atoms with Crippen molar-refractivity contribution in [3.63, 3.8) is 0 Å². The van der Waals surface area contributed by atoms with Crippen LogP contribution in [0.25, 0.3) is 0 Å². The zero-order valence-electron chi connectivity index (χ0n) is 18.2. The van der Waals surface area contributed by atoms with Crippen LogP contribution in [0, 0.1) is 18.6 Å². The van der Waals surface area contributed by atoms with Crippen molar-refractivity contribution < 1.29 is 23.5 Å². The van der Waals surface area contributed by atoms with Crippen molar-refractivity contribution in [3.05, 3.63) is 58.8 Å². The van der Waals surface area contributed by atoms with Gasteiger partial charge in [-0.25, -0.2) is 19.2 Å². The van der Waals surface area contributed by atoms with Crippen LogP contribution in [0.1, 0.15) is 54.7 Å². The van der Waals surface area contributed by atoms with Crippen molar-refractivity contribution in [2.45, 2.75) is 50.4 Å². The van der Waals surface area contributed by atoms with Gasteiger partial charge in [0.1, 0.15) is 12.4 Å². The molecule has 1 aromatic heterocycles. The van der Waals surface area contributed by atoms with E-state index in [1.165, 1.54) is 25.0 Å². The summed E-state index contributed by atoms with van der Waals surface area (Å²) in [6.07, 6.45) is 5.27. The molecule has 0 spiro atoms. The third kappa shape index (κ3) is 4.34. The first-order valence-corrected chi connectivity index (χ1v) is 11.2. The number of carbonyl (C=O) groups is 1. The number of hydroxylamine groups is 1. The van der Waals surface area contributed by atoms with Crippen molar-refractivity contribution in [1.29, 1.82) is 0 Å². The van der Waals surface area contributed by atoms with E-state index in [1.807, 2.05) is 0 Å². The summed E-state index contributed by atoms with van der Waals surface area (Å²) < 4.78 is 34.5. The van der Waals surface area contributed by atoms with Crippen LogP contribution in [0.15, 0.2) is 30.5 Å². The molecular weight excluding hydrogens is 416 g/mol. The van der Waals surface area contributed by atoms with Gasteiger partial charge in [0.25, 0.3) is 5.91 Å². The Kier molecular flexibility index (Phi) is 6.71. The third-order valence-corrected chi connectivity index (χ3v) is 6.98. The van der Waals surface area contributed by atoms with Crippen LogP contribution in [0.5, 0.6) is 5.88 Å². The van der Waals surface area contributed by atoms with Gasteiger partial charge < -0.3 is 4.74 Å². The van der Waals surface area contributed by atoms with Crippen LogP contribution in [-0.2, 0) is 10.2 Å². The van der Waals surface area contributed by atoms with E-state index < -0.39 is 23.0 Å². The maximum atomic E-state index is 14.7. The average molecular weight is 446 g/mol. The number of benzene rings is 1. The monoisotopic (exact) mass is 445 g/mol. The summed E-state index contributed by atoms with van der Waals surface area (Å²) in [7, 11) is 0. The second-order valence-electron chi connectivity index (χ2n) is 8.83. The topological polar surface area (TPSA) is 74.7 Å². The SMILES string of the molecule is Cc1c(F)cccc1[C@]1(C(=O)NO)CCC(c2cnc(OCCN3CCCC3)c(F)c2)C1. The molecule has 1 saturated heterocycles. The number of amides is 1. The highest BCUT2D eigenvalue weighted by Crippen LogP contribution is 2.49. The number of ether oxygens (including phenoxy) is 1. The first-order chi connectivity index (χ1) is 15.4. The minimum Gasteiger partial charge on any atom is -0.474 e. The lowest BCUT2D eigenvalue weighted by Crippen LogP contribution is -2.42. The van der Waals surface area contributed by atoms with Gasteiger partial charge in [0, 0.05) is 12.7 Å². The summed E-state index contributed by atoms with van der Waals surface area (Å²) >= 11 is 0. The van der Waals surface area contributed by atoms with Gasteiger partial charge in [-0.3, -0.25) is 14.9 Å². The number of aromatic nitrogens is 1. The molecule has 1 aromatic carbocycles. The van der Waals surface area contributed by atoms with E-state index in [1.54, 1.807) is 30.7 Å². The molecule has 172 valence electrons. The Morgan fingerprint density at radius 2 is 2.09 bits per heavy atom. The molecule has 0 bridgehead atoms. The van der Waals surface area contributed by atoms with Gasteiger partial charge in [0.05, 0.1) is 5.41 Å². The van der Waals surface area contributed by atoms with Gasteiger partial charge in [-0.1, -0.05) is 12.1 Å².